The third-order valence-corrected chi connectivity index (χ3v) is 9.45. The lowest BCUT2D eigenvalue weighted by molar-refractivity contribution is -0.304. The van der Waals surface area contributed by atoms with Gasteiger partial charge in [-0.1, -0.05) is 32.9 Å². The lowest BCUT2D eigenvalue weighted by atomic mass is 9.58. The number of hydrogen-bond acceptors (Lipinski definition) is 5. The van der Waals surface area contributed by atoms with E-state index in [1.165, 1.54) is 0 Å². The summed E-state index contributed by atoms with van der Waals surface area (Å²) in [4.78, 5) is 14.7. The molecule has 2 spiro atoms. The molecule has 2 saturated carbocycles. The average Bonchev–Trinajstić information content (AvgIpc) is 2.97. The Morgan fingerprint density at radius 3 is 2.39 bits per heavy atom. The number of allylic oxidation sites excluding steroid dienone is 1. The van der Waals surface area contributed by atoms with Gasteiger partial charge in [0.25, 0.3) is 0 Å². The van der Waals surface area contributed by atoms with E-state index in [2.05, 4.69) is 39.8 Å². The molecule has 0 N–H and O–H groups in total. The molecule has 8 atom stereocenters. The average molecular weight is 429 g/mol. The van der Waals surface area contributed by atoms with Crippen LogP contribution >= 0.6 is 0 Å². The zero-order chi connectivity index (χ0) is 22.4. The van der Waals surface area contributed by atoms with E-state index in [4.69, 9.17) is 18.9 Å². The molecule has 4 fully saturated rings. The minimum absolute atomic E-state index is 0.134. The summed E-state index contributed by atoms with van der Waals surface area (Å²) in [5.41, 5.74) is 0.650. The van der Waals surface area contributed by atoms with Gasteiger partial charge in [-0.15, -0.1) is 0 Å². The first-order chi connectivity index (χ1) is 14.3. The van der Waals surface area contributed by atoms with Crippen LogP contribution in [0.15, 0.2) is 23.3 Å². The molecular formula is C26H36O5. The van der Waals surface area contributed by atoms with Gasteiger partial charge in [-0.3, -0.25) is 4.79 Å². The van der Waals surface area contributed by atoms with Crippen LogP contribution in [0.25, 0.3) is 0 Å². The highest BCUT2D eigenvalue weighted by atomic mass is 16.8. The number of carbonyl (C=O) groups excluding carboxylic acids is 1. The van der Waals surface area contributed by atoms with Crippen LogP contribution in [0.5, 0.6) is 0 Å². The standard InChI is InChI=1S/C26H36O5/c1-13-11-25-14(2)9-17-18(22(17,3)4)16(19(25)27)10-15-12-28-23(5,6)30-21(15)26(25)20(13)29-24(7,8)31-26/h10-11,14,16-18,20-21H,9,12H2,1-8H3/t14-,16+,17-,18-,20+,21-,25-,26-/m1/s1. The van der Waals surface area contributed by atoms with Gasteiger partial charge in [0, 0.05) is 5.92 Å². The van der Waals surface area contributed by atoms with Crippen LogP contribution in [0.3, 0.4) is 0 Å². The Hall–Kier alpha value is -1.01. The topological polar surface area (TPSA) is 54.0 Å². The fourth-order valence-corrected chi connectivity index (χ4v) is 8.17. The van der Waals surface area contributed by atoms with Gasteiger partial charge >= 0.3 is 0 Å². The van der Waals surface area contributed by atoms with Gasteiger partial charge in [0.05, 0.1) is 12.0 Å². The van der Waals surface area contributed by atoms with Gasteiger partial charge in [-0.25, -0.2) is 0 Å². The van der Waals surface area contributed by atoms with Crippen LogP contribution in [0.1, 0.15) is 61.8 Å². The van der Waals surface area contributed by atoms with Crippen molar-refractivity contribution in [2.24, 2.45) is 34.5 Å². The zero-order valence-electron chi connectivity index (χ0n) is 20.1. The van der Waals surface area contributed by atoms with Crippen LogP contribution < -0.4 is 0 Å². The number of ether oxygens (including phenoxy) is 4. The van der Waals surface area contributed by atoms with Gasteiger partial charge in [-0.05, 0) is 75.4 Å². The second-order valence-electron chi connectivity index (χ2n) is 12.5. The molecule has 4 aliphatic carbocycles. The Morgan fingerprint density at radius 2 is 1.68 bits per heavy atom. The third kappa shape index (κ3) is 2.24. The van der Waals surface area contributed by atoms with Crippen molar-refractivity contribution in [3.05, 3.63) is 23.3 Å². The Kier molecular flexibility index (Phi) is 3.68. The molecule has 0 aromatic carbocycles. The number of hydrogen-bond donors (Lipinski definition) is 0. The first-order valence-electron chi connectivity index (χ1n) is 11.9. The van der Waals surface area contributed by atoms with E-state index in [1.54, 1.807) is 0 Å². The van der Waals surface area contributed by atoms with Gasteiger partial charge in [0.1, 0.15) is 17.8 Å². The number of fused-ring (bicyclic) bond motifs is 4. The van der Waals surface area contributed by atoms with E-state index in [1.807, 2.05) is 27.7 Å². The van der Waals surface area contributed by atoms with E-state index < -0.39 is 22.6 Å². The fourth-order valence-electron chi connectivity index (χ4n) is 8.17. The third-order valence-electron chi connectivity index (χ3n) is 9.45. The quantitative estimate of drug-likeness (QED) is 0.535. The summed E-state index contributed by atoms with van der Waals surface area (Å²) < 4.78 is 26.2. The summed E-state index contributed by atoms with van der Waals surface area (Å²) in [6.45, 7) is 17.3. The van der Waals surface area contributed by atoms with Crippen molar-refractivity contribution in [3.8, 4) is 0 Å². The maximum absolute atomic E-state index is 14.7. The molecular weight excluding hydrogens is 392 g/mol. The summed E-state index contributed by atoms with van der Waals surface area (Å²) in [7, 11) is 0. The summed E-state index contributed by atoms with van der Waals surface area (Å²) >= 11 is 0. The number of Topliss-reactive ketones (excluding diaryl/α,β-unsaturated/α-hetero) is 1. The molecule has 6 aliphatic rings. The number of carbonyl (C=O) groups is 1. The smallest absolute Gasteiger partial charge is 0.164 e. The lowest BCUT2D eigenvalue weighted by Crippen LogP contribution is -2.67. The molecule has 31 heavy (non-hydrogen) atoms. The van der Waals surface area contributed by atoms with Crippen molar-refractivity contribution in [3.63, 3.8) is 0 Å². The van der Waals surface area contributed by atoms with Gasteiger partial charge in [-0.2, -0.15) is 0 Å². The Labute approximate surface area is 185 Å². The van der Waals surface area contributed by atoms with Crippen molar-refractivity contribution in [2.75, 3.05) is 6.61 Å². The molecule has 5 heteroatoms. The van der Waals surface area contributed by atoms with Crippen molar-refractivity contribution in [1.82, 2.24) is 0 Å². The van der Waals surface area contributed by atoms with Crippen LogP contribution in [0.2, 0.25) is 0 Å². The van der Waals surface area contributed by atoms with E-state index in [0.29, 0.717) is 24.2 Å². The molecule has 2 heterocycles. The molecule has 0 aromatic heterocycles. The first kappa shape index (κ1) is 20.6. The molecule has 2 saturated heterocycles. The highest BCUT2D eigenvalue weighted by Gasteiger charge is 2.80. The predicted octanol–water partition coefficient (Wildman–Crippen LogP) is 4.41. The first-order valence-corrected chi connectivity index (χ1v) is 11.9. The summed E-state index contributed by atoms with van der Waals surface area (Å²) in [5, 5.41) is 0. The van der Waals surface area contributed by atoms with Crippen molar-refractivity contribution in [1.29, 1.82) is 0 Å². The highest BCUT2D eigenvalue weighted by molar-refractivity contribution is 5.95. The SMILES string of the molecule is CC1=C[C@@]23C(=O)[C@@H](C=C4COC(C)(C)O[C@H]4[C@@]24OC(C)(C)O[C@@H]14)[C@@H]1[C@@H](C[C@H]3C)C1(C)C. The Balaban J connectivity index is 1.64. The van der Waals surface area contributed by atoms with E-state index in [0.717, 1.165) is 17.6 Å². The van der Waals surface area contributed by atoms with Crippen LogP contribution in [0, 0.1) is 34.5 Å². The summed E-state index contributed by atoms with van der Waals surface area (Å²) in [6, 6.07) is 0. The Bertz CT molecular complexity index is 941. The normalized spacial score (nSPS) is 52.6. The van der Waals surface area contributed by atoms with Gasteiger partial charge < -0.3 is 18.9 Å². The highest BCUT2D eigenvalue weighted by Crippen LogP contribution is 2.73. The monoisotopic (exact) mass is 428 g/mol. The molecule has 170 valence electrons. The number of ketones is 1. The molecule has 0 radical (unpaired) electrons. The molecule has 0 unspecified atom stereocenters. The predicted molar refractivity (Wildman–Crippen MR) is 115 cm³/mol. The maximum atomic E-state index is 14.7. The van der Waals surface area contributed by atoms with Crippen LogP contribution in [0.4, 0.5) is 0 Å². The molecule has 5 nitrogen and oxygen atoms in total. The minimum atomic E-state index is -0.903. The second kappa shape index (κ2) is 5.55. The number of rotatable bonds is 0. The van der Waals surface area contributed by atoms with Crippen molar-refractivity contribution < 1.29 is 23.7 Å². The molecule has 0 amide bonds. The van der Waals surface area contributed by atoms with Crippen LogP contribution in [-0.2, 0) is 23.7 Å². The second-order valence-corrected chi connectivity index (χ2v) is 12.5. The Morgan fingerprint density at radius 1 is 1.00 bits per heavy atom. The molecule has 2 aliphatic heterocycles. The van der Waals surface area contributed by atoms with Gasteiger partial charge in [0.15, 0.2) is 17.4 Å². The van der Waals surface area contributed by atoms with Crippen molar-refractivity contribution >= 4 is 5.78 Å². The molecule has 6 rings (SSSR count). The van der Waals surface area contributed by atoms with Gasteiger partial charge in [0.2, 0.25) is 0 Å². The molecule has 0 aromatic rings. The lowest BCUT2D eigenvalue weighted by Gasteiger charge is -2.53. The summed E-state index contributed by atoms with van der Waals surface area (Å²) in [5.74, 6) is -0.335. The van der Waals surface area contributed by atoms with E-state index in [-0.39, 0.29) is 29.5 Å². The van der Waals surface area contributed by atoms with E-state index in [9.17, 15) is 4.79 Å². The summed E-state index contributed by atoms with van der Waals surface area (Å²) in [6.07, 6.45) is 4.76. The largest absolute Gasteiger partial charge is 0.346 e. The minimum Gasteiger partial charge on any atom is -0.346 e. The maximum Gasteiger partial charge on any atom is 0.164 e. The zero-order valence-corrected chi connectivity index (χ0v) is 20.1. The fraction of sp³-hybridized carbons (Fsp3) is 0.808. The van der Waals surface area contributed by atoms with E-state index >= 15 is 0 Å². The molecule has 2 bridgehead atoms. The van der Waals surface area contributed by atoms with Crippen molar-refractivity contribution in [2.45, 2.75) is 91.2 Å². The van der Waals surface area contributed by atoms with Crippen LogP contribution in [-0.4, -0.2) is 41.8 Å².